The van der Waals surface area contributed by atoms with Crippen LogP contribution in [0.2, 0.25) is 0 Å². The monoisotopic (exact) mass is 195 g/mol. The van der Waals surface area contributed by atoms with E-state index in [1.165, 1.54) is 6.42 Å². The van der Waals surface area contributed by atoms with Gasteiger partial charge in [0, 0.05) is 18.2 Å². The first-order valence-corrected chi connectivity index (χ1v) is 5.19. The molecule has 4 heteroatoms. The molecular weight excluding hydrogens is 178 g/mol. The van der Waals surface area contributed by atoms with E-state index < -0.39 is 0 Å². The first kappa shape index (κ1) is 9.68. The molecule has 2 unspecified atom stereocenters. The average molecular weight is 195 g/mol. The van der Waals surface area contributed by atoms with Crippen molar-refractivity contribution in [2.24, 2.45) is 5.73 Å². The summed E-state index contributed by atoms with van der Waals surface area (Å²) in [7, 11) is 0. The molecule has 3 N–H and O–H groups in total. The number of ether oxygens (including phenoxy) is 1. The SMILES string of the molecule is CC(N)c1cn[nH]c1C1CCCCO1. The maximum absolute atomic E-state index is 5.85. The number of aromatic nitrogens is 2. The van der Waals surface area contributed by atoms with Crippen LogP contribution in [0, 0.1) is 0 Å². The third-order valence-corrected chi connectivity index (χ3v) is 2.69. The van der Waals surface area contributed by atoms with Crippen LogP contribution in [0.15, 0.2) is 6.20 Å². The summed E-state index contributed by atoms with van der Waals surface area (Å²) in [5.41, 5.74) is 8.00. The Hall–Kier alpha value is -0.870. The van der Waals surface area contributed by atoms with Crippen molar-refractivity contribution in [2.45, 2.75) is 38.3 Å². The lowest BCUT2D eigenvalue weighted by Gasteiger charge is -2.23. The van der Waals surface area contributed by atoms with Crippen molar-refractivity contribution in [1.29, 1.82) is 0 Å². The highest BCUT2D eigenvalue weighted by molar-refractivity contribution is 5.22. The Bertz CT molecular complexity index is 289. The molecule has 1 saturated heterocycles. The largest absolute Gasteiger partial charge is 0.372 e. The van der Waals surface area contributed by atoms with Gasteiger partial charge < -0.3 is 10.5 Å². The maximum atomic E-state index is 5.85. The molecule has 2 heterocycles. The van der Waals surface area contributed by atoms with Crippen LogP contribution in [0.3, 0.4) is 0 Å². The van der Waals surface area contributed by atoms with Crippen molar-refractivity contribution < 1.29 is 4.74 Å². The van der Waals surface area contributed by atoms with E-state index in [2.05, 4.69) is 10.2 Å². The van der Waals surface area contributed by atoms with Crippen LogP contribution in [-0.2, 0) is 4.74 Å². The van der Waals surface area contributed by atoms with E-state index in [0.29, 0.717) is 0 Å². The number of hydrogen-bond donors (Lipinski definition) is 2. The Kier molecular flexibility index (Phi) is 2.84. The lowest BCUT2D eigenvalue weighted by atomic mass is 10.0. The number of nitrogens with zero attached hydrogens (tertiary/aromatic N) is 1. The third kappa shape index (κ3) is 1.81. The minimum absolute atomic E-state index is 0.0225. The molecule has 0 aromatic carbocycles. The molecule has 1 aromatic rings. The summed E-state index contributed by atoms with van der Waals surface area (Å²) in [6.07, 6.45) is 5.44. The minimum atomic E-state index is 0.0225. The van der Waals surface area contributed by atoms with Crippen LogP contribution >= 0.6 is 0 Å². The molecule has 0 saturated carbocycles. The quantitative estimate of drug-likeness (QED) is 0.754. The Morgan fingerprint density at radius 2 is 2.50 bits per heavy atom. The predicted molar refractivity (Wildman–Crippen MR) is 53.7 cm³/mol. The highest BCUT2D eigenvalue weighted by Crippen LogP contribution is 2.30. The lowest BCUT2D eigenvalue weighted by Crippen LogP contribution is -2.15. The van der Waals surface area contributed by atoms with Gasteiger partial charge in [0.15, 0.2) is 0 Å². The molecule has 1 aliphatic rings. The normalized spacial score (nSPS) is 24.9. The van der Waals surface area contributed by atoms with E-state index in [4.69, 9.17) is 10.5 Å². The van der Waals surface area contributed by atoms with Crippen LogP contribution in [0.5, 0.6) is 0 Å². The molecule has 0 amide bonds. The summed E-state index contributed by atoms with van der Waals surface area (Å²) < 4.78 is 5.69. The lowest BCUT2D eigenvalue weighted by molar-refractivity contribution is 0.0116. The minimum Gasteiger partial charge on any atom is -0.372 e. The topological polar surface area (TPSA) is 63.9 Å². The van der Waals surface area contributed by atoms with Crippen molar-refractivity contribution >= 4 is 0 Å². The molecule has 1 aromatic heterocycles. The van der Waals surface area contributed by atoms with Gasteiger partial charge in [0.1, 0.15) is 0 Å². The van der Waals surface area contributed by atoms with Crippen LogP contribution in [0.1, 0.15) is 49.6 Å². The van der Waals surface area contributed by atoms with Crippen molar-refractivity contribution in [3.63, 3.8) is 0 Å². The molecule has 14 heavy (non-hydrogen) atoms. The molecule has 2 rings (SSSR count). The second kappa shape index (κ2) is 4.11. The molecule has 0 bridgehead atoms. The Morgan fingerprint density at radius 1 is 1.64 bits per heavy atom. The van der Waals surface area contributed by atoms with Crippen molar-refractivity contribution in [2.75, 3.05) is 6.61 Å². The van der Waals surface area contributed by atoms with Crippen molar-refractivity contribution in [3.05, 3.63) is 17.5 Å². The fourth-order valence-corrected chi connectivity index (χ4v) is 1.89. The first-order chi connectivity index (χ1) is 6.79. The predicted octanol–water partition coefficient (Wildman–Crippen LogP) is 1.67. The van der Waals surface area contributed by atoms with Gasteiger partial charge in [0.2, 0.25) is 0 Å². The molecule has 0 radical (unpaired) electrons. The van der Waals surface area contributed by atoms with Gasteiger partial charge in [-0.1, -0.05) is 0 Å². The van der Waals surface area contributed by atoms with E-state index in [0.717, 1.165) is 30.7 Å². The van der Waals surface area contributed by atoms with Crippen molar-refractivity contribution in [3.8, 4) is 0 Å². The summed E-state index contributed by atoms with van der Waals surface area (Å²) in [5.74, 6) is 0. The Balaban J connectivity index is 2.17. The zero-order valence-electron chi connectivity index (χ0n) is 8.49. The molecule has 0 aliphatic carbocycles. The van der Waals surface area contributed by atoms with E-state index in [1.54, 1.807) is 6.20 Å². The second-order valence-corrected chi connectivity index (χ2v) is 3.88. The number of aromatic amines is 1. The highest BCUT2D eigenvalue weighted by Gasteiger charge is 2.21. The van der Waals surface area contributed by atoms with Gasteiger partial charge in [-0.15, -0.1) is 0 Å². The molecule has 0 spiro atoms. The summed E-state index contributed by atoms with van der Waals surface area (Å²) in [5, 5.41) is 7.04. The van der Waals surface area contributed by atoms with Gasteiger partial charge in [-0.05, 0) is 26.2 Å². The number of nitrogens with two attached hydrogens (primary N) is 1. The van der Waals surface area contributed by atoms with Crippen LogP contribution < -0.4 is 5.73 Å². The number of H-pyrrole nitrogens is 1. The Morgan fingerprint density at radius 3 is 3.14 bits per heavy atom. The van der Waals surface area contributed by atoms with E-state index >= 15 is 0 Å². The number of nitrogens with one attached hydrogen (secondary N) is 1. The first-order valence-electron chi connectivity index (χ1n) is 5.19. The molecule has 1 aliphatic heterocycles. The van der Waals surface area contributed by atoms with Gasteiger partial charge in [-0.3, -0.25) is 5.10 Å². The average Bonchev–Trinajstić information content (AvgIpc) is 2.67. The fourth-order valence-electron chi connectivity index (χ4n) is 1.89. The summed E-state index contributed by atoms with van der Waals surface area (Å²) >= 11 is 0. The maximum Gasteiger partial charge on any atom is 0.0992 e. The highest BCUT2D eigenvalue weighted by atomic mass is 16.5. The molecular formula is C10H17N3O. The van der Waals surface area contributed by atoms with Crippen molar-refractivity contribution in [1.82, 2.24) is 10.2 Å². The summed E-state index contributed by atoms with van der Waals surface area (Å²) in [6, 6.07) is 0.0225. The number of rotatable bonds is 2. The molecule has 4 nitrogen and oxygen atoms in total. The summed E-state index contributed by atoms with van der Waals surface area (Å²) in [6.45, 7) is 2.82. The van der Waals surface area contributed by atoms with Crippen LogP contribution in [-0.4, -0.2) is 16.8 Å². The summed E-state index contributed by atoms with van der Waals surface area (Å²) in [4.78, 5) is 0. The third-order valence-electron chi connectivity index (χ3n) is 2.69. The van der Waals surface area contributed by atoms with E-state index in [-0.39, 0.29) is 12.1 Å². The second-order valence-electron chi connectivity index (χ2n) is 3.88. The molecule has 78 valence electrons. The standard InChI is InChI=1S/C10H17N3O/c1-7(11)8-6-12-13-10(8)9-4-2-3-5-14-9/h6-7,9H,2-5,11H2,1H3,(H,12,13). The molecule has 1 fully saturated rings. The van der Waals surface area contributed by atoms with Gasteiger partial charge >= 0.3 is 0 Å². The zero-order valence-corrected chi connectivity index (χ0v) is 8.49. The van der Waals surface area contributed by atoms with Crippen LogP contribution in [0.25, 0.3) is 0 Å². The Labute approximate surface area is 83.8 Å². The fraction of sp³-hybridized carbons (Fsp3) is 0.700. The van der Waals surface area contributed by atoms with E-state index in [1.807, 2.05) is 6.92 Å². The van der Waals surface area contributed by atoms with E-state index in [9.17, 15) is 0 Å². The van der Waals surface area contributed by atoms with Gasteiger partial charge in [-0.2, -0.15) is 5.10 Å². The zero-order chi connectivity index (χ0) is 9.97. The molecule has 2 atom stereocenters. The van der Waals surface area contributed by atoms with Gasteiger partial charge in [-0.25, -0.2) is 0 Å². The van der Waals surface area contributed by atoms with Gasteiger partial charge in [0.25, 0.3) is 0 Å². The van der Waals surface area contributed by atoms with Gasteiger partial charge in [0.05, 0.1) is 18.0 Å². The smallest absolute Gasteiger partial charge is 0.0992 e. The number of hydrogen-bond acceptors (Lipinski definition) is 3. The van der Waals surface area contributed by atoms with Crippen LogP contribution in [0.4, 0.5) is 0 Å².